The summed E-state index contributed by atoms with van der Waals surface area (Å²) in [5.41, 5.74) is 2.10. The second-order valence-corrected chi connectivity index (χ2v) is 12.0. The standard InChI is InChI=1S/C33H30BrFN2O5S/c1-5-40-32(39)29-20(4)36-33-37(30(29)24-11-7-9-13-27(24)42-19(2)3)31(38)28(43-33)17-22-16-23(34)14-15-26(22)41-18-21-10-6-8-12-25(21)35/h6-17,19,30H,5,18H2,1-4H3/b28-17+/t30-/m0/s1. The predicted molar refractivity (Wildman–Crippen MR) is 167 cm³/mol. The molecular weight excluding hydrogens is 635 g/mol. The molecule has 5 rings (SSSR count). The molecular formula is C33H30BrFN2O5S. The normalized spacial score (nSPS) is 14.9. The van der Waals surface area contributed by atoms with Crippen molar-refractivity contribution in [2.45, 2.75) is 46.4 Å². The lowest BCUT2D eigenvalue weighted by Crippen LogP contribution is -2.40. The number of para-hydroxylation sites is 1. The van der Waals surface area contributed by atoms with Crippen LogP contribution < -0.4 is 24.4 Å². The zero-order valence-corrected chi connectivity index (χ0v) is 26.5. The van der Waals surface area contributed by atoms with Gasteiger partial charge in [-0.15, -0.1) is 0 Å². The number of aromatic nitrogens is 1. The van der Waals surface area contributed by atoms with Crippen molar-refractivity contribution in [2.75, 3.05) is 6.61 Å². The average Bonchev–Trinajstić information content (AvgIpc) is 3.26. The first-order chi connectivity index (χ1) is 20.7. The Kier molecular flexibility index (Phi) is 9.27. The molecule has 0 saturated carbocycles. The lowest BCUT2D eigenvalue weighted by molar-refractivity contribution is -0.139. The molecule has 0 unspecified atom stereocenters. The third-order valence-corrected chi connectivity index (χ3v) is 8.17. The minimum Gasteiger partial charge on any atom is -0.491 e. The van der Waals surface area contributed by atoms with E-state index in [1.807, 2.05) is 50.2 Å². The molecule has 0 saturated heterocycles. The second-order valence-electron chi connectivity index (χ2n) is 10.1. The summed E-state index contributed by atoms with van der Waals surface area (Å²) in [4.78, 5) is 32.5. The average molecular weight is 666 g/mol. The Morgan fingerprint density at radius 2 is 1.86 bits per heavy atom. The van der Waals surface area contributed by atoms with E-state index in [0.717, 1.165) is 4.47 Å². The van der Waals surface area contributed by atoms with Crippen molar-refractivity contribution in [3.63, 3.8) is 0 Å². The number of benzene rings is 3. The van der Waals surface area contributed by atoms with E-state index < -0.39 is 12.0 Å². The number of allylic oxidation sites excluding steroid dienone is 1. The number of ether oxygens (including phenoxy) is 3. The molecule has 7 nitrogen and oxygen atoms in total. The van der Waals surface area contributed by atoms with Crippen LogP contribution >= 0.6 is 27.3 Å². The first-order valence-electron chi connectivity index (χ1n) is 13.8. The SMILES string of the molecule is CCOC(=O)C1=C(C)N=c2s/c(=C/c3cc(Br)ccc3OCc3ccccc3F)c(=O)n2[C@H]1c1ccccc1OC(C)C. The molecule has 0 fully saturated rings. The molecule has 0 bridgehead atoms. The predicted octanol–water partition coefficient (Wildman–Crippen LogP) is 6.07. The lowest BCUT2D eigenvalue weighted by atomic mass is 9.95. The summed E-state index contributed by atoms with van der Waals surface area (Å²) < 4.78 is 34.5. The number of hydrogen-bond acceptors (Lipinski definition) is 7. The van der Waals surface area contributed by atoms with E-state index in [1.54, 1.807) is 44.2 Å². The third-order valence-electron chi connectivity index (χ3n) is 6.69. The van der Waals surface area contributed by atoms with Crippen LogP contribution in [-0.2, 0) is 16.1 Å². The van der Waals surface area contributed by atoms with Crippen molar-refractivity contribution in [1.29, 1.82) is 0 Å². The minimum absolute atomic E-state index is 0.0190. The molecule has 0 spiro atoms. The lowest BCUT2D eigenvalue weighted by Gasteiger charge is -2.26. The maximum Gasteiger partial charge on any atom is 0.338 e. The van der Waals surface area contributed by atoms with Gasteiger partial charge in [-0.05, 0) is 64.1 Å². The molecule has 43 heavy (non-hydrogen) atoms. The fourth-order valence-electron chi connectivity index (χ4n) is 4.83. The topological polar surface area (TPSA) is 79.1 Å². The van der Waals surface area contributed by atoms with E-state index in [4.69, 9.17) is 14.2 Å². The Labute approximate surface area is 260 Å². The number of nitrogens with zero attached hydrogens (tertiary/aromatic N) is 2. The number of rotatable bonds is 9. The van der Waals surface area contributed by atoms with Gasteiger partial charge < -0.3 is 14.2 Å². The molecule has 222 valence electrons. The molecule has 1 atom stereocenters. The molecule has 1 aliphatic heterocycles. The smallest absolute Gasteiger partial charge is 0.338 e. The van der Waals surface area contributed by atoms with Crippen LogP contribution in [-0.4, -0.2) is 23.2 Å². The summed E-state index contributed by atoms with van der Waals surface area (Å²) in [5, 5.41) is 0. The largest absolute Gasteiger partial charge is 0.491 e. The minimum atomic E-state index is -0.813. The Morgan fingerprint density at radius 1 is 1.12 bits per heavy atom. The molecule has 0 aliphatic carbocycles. The van der Waals surface area contributed by atoms with Gasteiger partial charge in [-0.1, -0.05) is 63.7 Å². The van der Waals surface area contributed by atoms with Crippen molar-refractivity contribution < 1.29 is 23.4 Å². The number of thiazole rings is 1. The van der Waals surface area contributed by atoms with Gasteiger partial charge in [0.05, 0.1) is 28.5 Å². The van der Waals surface area contributed by atoms with Gasteiger partial charge in [0.15, 0.2) is 4.80 Å². The van der Waals surface area contributed by atoms with Crippen molar-refractivity contribution in [3.8, 4) is 11.5 Å². The van der Waals surface area contributed by atoms with Gasteiger partial charge in [0.2, 0.25) is 0 Å². The summed E-state index contributed by atoms with van der Waals surface area (Å²) in [5.74, 6) is 0.138. The fraction of sp³-hybridized carbons (Fsp3) is 0.242. The van der Waals surface area contributed by atoms with Crippen LogP contribution in [0.25, 0.3) is 6.08 Å². The van der Waals surface area contributed by atoms with E-state index in [1.165, 1.54) is 22.0 Å². The Morgan fingerprint density at radius 3 is 2.60 bits per heavy atom. The molecule has 1 aromatic heterocycles. The van der Waals surface area contributed by atoms with Crippen LogP contribution in [0.15, 0.2) is 92.3 Å². The van der Waals surface area contributed by atoms with Gasteiger partial charge >= 0.3 is 5.97 Å². The maximum absolute atomic E-state index is 14.2. The molecule has 2 heterocycles. The zero-order valence-electron chi connectivity index (χ0n) is 24.1. The van der Waals surface area contributed by atoms with Gasteiger partial charge in [0, 0.05) is 21.2 Å². The van der Waals surface area contributed by atoms with Crippen LogP contribution in [0.1, 0.15) is 50.4 Å². The number of carbonyl (C=O) groups excluding carboxylic acids is 1. The highest BCUT2D eigenvalue weighted by Crippen LogP contribution is 2.36. The molecule has 1 aliphatic rings. The van der Waals surface area contributed by atoms with Crippen molar-refractivity contribution in [3.05, 3.63) is 125 Å². The number of fused-ring (bicyclic) bond motifs is 1. The quantitative estimate of drug-likeness (QED) is 0.203. The van der Waals surface area contributed by atoms with Crippen LogP contribution in [0.4, 0.5) is 4.39 Å². The van der Waals surface area contributed by atoms with Crippen molar-refractivity contribution in [2.24, 2.45) is 4.99 Å². The Balaban J connectivity index is 1.66. The van der Waals surface area contributed by atoms with Crippen LogP contribution in [0.5, 0.6) is 11.5 Å². The van der Waals surface area contributed by atoms with Crippen molar-refractivity contribution >= 4 is 39.3 Å². The Bertz CT molecular complexity index is 1900. The fourth-order valence-corrected chi connectivity index (χ4v) is 6.25. The van der Waals surface area contributed by atoms with E-state index in [0.29, 0.717) is 43.2 Å². The monoisotopic (exact) mass is 664 g/mol. The highest BCUT2D eigenvalue weighted by atomic mass is 79.9. The van der Waals surface area contributed by atoms with Gasteiger partial charge in [0.1, 0.15) is 30.0 Å². The van der Waals surface area contributed by atoms with Gasteiger partial charge in [-0.3, -0.25) is 9.36 Å². The molecule has 3 aromatic carbocycles. The summed E-state index contributed by atoms with van der Waals surface area (Å²) in [7, 11) is 0. The van der Waals surface area contributed by atoms with E-state index in [9.17, 15) is 14.0 Å². The first-order valence-corrected chi connectivity index (χ1v) is 15.4. The van der Waals surface area contributed by atoms with Gasteiger partial charge in [-0.25, -0.2) is 14.2 Å². The van der Waals surface area contributed by atoms with Crippen LogP contribution in [0.2, 0.25) is 0 Å². The summed E-state index contributed by atoms with van der Waals surface area (Å²) in [6, 6.07) is 18.4. The number of esters is 1. The first kappa shape index (κ1) is 30.4. The highest BCUT2D eigenvalue weighted by molar-refractivity contribution is 9.10. The van der Waals surface area contributed by atoms with Crippen LogP contribution in [0, 0.1) is 5.82 Å². The number of carbonyl (C=O) groups is 1. The zero-order chi connectivity index (χ0) is 30.7. The van der Waals surface area contributed by atoms with Crippen LogP contribution in [0.3, 0.4) is 0 Å². The van der Waals surface area contributed by atoms with E-state index >= 15 is 0 Å². The summed E-state index contributed by atoms with van der Waals surface area (Å²) in [6.45, 7) is 7.50. The van der Waals surface area contributed by atoms with E-state index in [-0.39, 0.29) is 36.3 Å². The Hall–Kier alpha value is -4.02. The third kappa shape index (κ3) is 6.50. The van der Waals surface area contributed by atoms with Gasteiger partial charge in [0.25, 0.3) is 5.56 Å². The number of hydrogen-bond donors (Lipinski definition) is 0. The second kappa shape index (κ2) is 13.1. The highest BCUT2D eigenvalue weighted by Gasteiger charge is 2.35. The van der Waals surface area contributed by atoms with Crippen molar-refractivity contribution in [1.82, 2.24) is 4.57 Å². The molecule has 0 N–H and O–H groups in total. The summed E-state index contributed by atoms with van der Waals surface area (Å²) >= 11 is 4.71. The number of halogens is 2. The van der Waals surface area contributed by atoms with Gasteiger partial charge in [-0.2, -0.15) is 0 Å². The molecule has 0 amide bonds. The van der Waals surface area contributed by atoms with E-state index in [2.05, 4.69) is 20.9 Å². The molecule has 4 aromatic rings. The molecule has 0 radical (unpaired) electrons. The summed E-state index contributed by atoms with van der Waals surface area (Å²) in [6.07, 6.45) is 1.59. The molecule has 10 heteroatoms. The maximum atomic E-state index is 14.2.